The highest BCUT2D eigenvalue weighted by molar-refractivity contribution is 6.23. The minimum Gasteiger partial charge on any atom is -0.370 e. The van der Waals surface area contributed by atoms with Gasteiger partial charge in [0.2, 0.25) is 0 Å². The summed E-state index contributed by atoms with van der Waals surface area (Å²) >= 11 is 0. The van der Waals surface area contributed by atoms with Gasteiger partial charge in [-0.25, -0.2) is 0 Å². The molecule has 0 saturated carbocycles. The van der Waals surface area contributed by atoms with Crippen molar-refractivity contribution >= 4 is 32.3 Å². The van der Waals surface area contributed by atoms with Gasteiger partial charge in [0.05, 0.1) is 48.7 Å². The van der Waals surface area contributed by atoms with E-state index in [0.717, 1.165) is 28.5 Å². The second-order valence-corrected chi connectivity index (χ2v) is 10.7. The van der Waals surface area contributed by atoms with Crippen molar-refractivity contribution in [1.82, 2.24) is 29.5 Å². The highest BCUT2D eigenvalue weighted by atomic mass is 16.5. The van der Waals surface area contributed by atoms with Crippen molar-refractivity contribution in [3.05, 3.63) is 133 Å². The van der Waals surface area contributed by atoms with E-state index in [4.69, 9.17) is 4.74 Å². The maximum atomic E-state index is 6.18. The summed E-state index contributed by atoms with van der Waals surface area (Å²) in [5.41, 5.74) is 5.90. The number of rotatable bonds is 9. The van der Waals surface area contributed by atoms with E-state index in [1.807, 2.05) is 59.7 Å². The van der Waals surface area contributed by atoms with Gasteiger partial charge in [-0.2, -0.15) is 0 Å². The van der Waals surface area contributed by atoms with Crippen LogP contribution in [0.4, 0.5) is 0 Å². The van der Waals surface area contributed by atoms with Crippen molar-refractivity contribution in [2.45, 2.75) is 26.3 Å². The van der Waals surface area contributed by atoms with Crippen molar-refractivity contribution in [2.24, 2.45) is 0 Å². The van der Waals surface area contributed by atoms with Gasteiger partial charge in [0.15, 0.2) is 0 Å². The van der Waals surface area contributed by atoms with Gasteiger partial charge >= 0.3 is 0 Å². The summed E-state index contributed by atoms with van der Waals surface area (Å²) in [4.78, 5) is 9.17. The smallest absolute Gasteiger partial charge is 0.108 e. The molecule has 4 aromatic heterocycles. The number of aryl methyl sites for hydroxylation is 1. The lowest BCUT2D eigenvalue weighted by molar-refractivity contribution is 0.105. The molecule has 43 heavy (non-hydrogen) atoms. The Kier molecular flexibility index (Phi) is 6.35. The van der Waals surface area contributed by atoms with Gasteiger partial charge in [-0.1, -0.05) is 71.9 Å². The van der Waals surface area contributed by atoms with Crippen molar-refractivity contribution in [3.8, 4) is 22.8 Å². The minimum atomic E-state index is 0.393. The first-order valence-electron chi connectivity index (χ1n) is 14.5. The second-order valence-electron chi connectivity index (χ2n) is 10.7. The van der Waals surface area contributed by atoms with Crippen LogP contribution in [0.15, 0.2) is 122 Å². The summed E-state index contributed by atoms with van der Waals surface area (Å²) < 4.78 is 10.3. The van der Waals surface area contributed by atoms with E-state index in [9.17, 15) is 0 Å². The molecule has 208 valence electrons. The third kappa shape index (κ3) is 4.70. The average molecular weight is 561 g/mol. The number of hydrogen-bond donors (Lipinski definition) is 0. The molecule has 4 aromatic carbocycles. The molecular formula is C36H28N6O. The normalized spacial score (nSPS) is 11.7. The average Bonchev–Trinajstić information content (AvgIpc) is 3.71. The quantitative estimate of drug-likeness (QED) is 0.171. The van der Waals surface area contributed by atoms with Crippen molar-refractivity contribution in [1.29, 1.82) is 0 Å². The van der Waals surface area contributed by atoms with Gasteiger partial charge in [-0.3, -0.25) is 14.6 Å². The summed E-state index contributed by atoms with van der Waals surface area (Å²) in [5.74, 6) is 0. The zero-order chi connectivity index (χ0) is 28.6. The van der Waals surface area contributed by atoms with Crippen LogP contribution in [0, 0.1) is 0 Å². The van der Waals surface area contributed by atoms with Gasteiger partial charge in [0.25, 0.3) is 0 Å². The van der Waals surface area contributed by atoms with Gasteiger partial charge in [0, 0.05) is 18.9 Å². The largest absolute Gasteiger partial charge is 0.370 e. The lowest BCUT2D eigenvalue weighted by Crippen LogP contribution is -2.10. The molecule has 0 fully saturated rings. The van der Waals surface area contributed by atoms with Gasteiger partial charge in [-0.15, -0.1) is 5.10 Å². The van der Waals surface area contributed by atoms with Crippen molar-refractivity contribution in [2.75, 3.05) is 0 Å². The van der Waals surface area contributed by atoms with Crippen LogP contribution in [-0.2, 0) is 31.0 Å². The molecule has 7 nitrogen and oxygen atoms in total. The zero-order valence-electron chi connectivity index (χ0n) is 23.5. The van der Waals surface area contributed by atoms with Crippen LogP contribution in [0.5, 0.6) is 0 Å². The Bertz CT molecular complexity index is 2090. The SMILES string of the molecule is c1ccc(-c2ccc(-c3ccccn3)n2CCn2cc(COCc3ccc4ccc5cccc6ccc3c4c56)nn2)nc1. The topological polar surface area (TPSA) is 70.7 Å². The number of hydrogen-bond acceptors (Lipinski definition) is 5. The van der Waals surface area contributed by atoms with E-state index in [0.29, 0.717) is 26.3 Å². The third-order valence-corrected chi connectivity index (χ3v) is 8.10. The lowest BCUT2D eigenvalue weighted by Gasteiger charge is -2.14. The Labute approximate surface area is 248 Å². The Morgan fingerprint density at radius 3 is 1.95 bits per heavy atom. The van der Waals surface area contributed by atoms with E-state index in [2.05, 4.69) is 91.6 Å². The number of aromatic nitrogens is 6. The summed E-state index contributed by atoms with van der Waals surface area (Å²) in [6, 6.07) is 35.8. The first-order chi connectivity index (χ1) is 21.3. The molecule has 0 spiro atoms. The number of pyridine rings is 2. The minimum absolute atomic E-state index is 0.393. The number of benzene rings is 4. The first-order valence-corrected chi connectivity index (χ1v) is 14.5. The highest BCUT2D eigenvalue weighted by Crippen LogP contribution is 2.36. The van der Waals surface area contributed by atoms with E-state index < -0.39 is 0 Å². The van der Waals surface area contributed by atoms with Crippen LogP contribution >= 0.6 is 0 Å². The highest BCUT2D eigenvalue weighted by Gasteiger charge is 2.15. The fourth-order valence-electron chi connectivity index (χ4n) is 6.09. The van der Waals surface area contributed by atoms with Crippen LogP contribution in [0.25, 0.3) is 55.1 Å². The molecule has 0 aliphatic rings. The monoisotopic (exact) mass is 560 g/mol. The standard InChI is InChI=1S/C36H28N6O/c1-3-18-37-31(8-1)33-16-17-34(32-9-2-4-19-38-32)42(33)21-20-41-22-29(39-40-41)24-43-23-28-13-12-27-11-10-25-6-5-7-26-14-15-30(28)36(27)35(25)26/h1-19,22H,20-21,23-24H2. The number of nitrogens with zero attached hydrogens (tertiary/aromatic N) is 6. The summed E-state index contributed by atoms with van der Waals surface area (Å²) in [7, 11) is 0. The molecule has 7 heteroatoms. The summed E-state index contributed by atoms with van der Waals surface area (Å²) in [5, 5.41) is 16.4. The van der Waals surface area contributed by atoms with Crippen LogP contribution < -0.4 is 0 Å². The molecule has 8 aromatic rings. The molecule has 0 bridgehead atoms. The third-order valence-electron chi connectivity index (χ3n) is 8.10. The van der Waals surface area contributed by atoms with E-state index in [-0.39, 0.29) is 0 Å². The Morgan fingerprint density at radius 2 is 1.26 bits per heavy atom. The zero-order valence-corrected chi connectivity index (χ0v) is 23.5. The van der Waals surface area contributed by atoms with Crippen LogP contribution in [-0.4, -0.2) is 29.5 Å². The summed E-state index contributed by atoms with van der Waals surface area (Å²) in [6.07, 6.45) is 5.60. The molecule has 0 atom stereocenters. The molecule has 0 aliphatic carbocycles. The fourth-order valence-corrected chi connectivity index (χ4v) is 6.09. The molecule has 0 unspecified atom stereocenters. The molecule has 0 radical (unpaired) electrons. The number of ether oxygens (including phenoxy) is 1. The molecule has 0 N–H and O–H groups in total. The predicted molar refractivity (Wildman–Crippen MR) is 170 cm³/mol. The molecule has 8 rings (SSSR count). The Morgan fingerprint density at radius 1 is 0.581 bits per heavy atom. The first kappa shape index (κ1) is 25.3. The fraction of sp³-hybridized carbons (Fsp3) is 0.111. The predicted octanol–water partition coefficient (Wildman–Crippen LogP) is 7.52. The maximum Gasteiger partial charge on any atom is 0.108 e. The Hall–Kier alpha value is -5.40. The van der Waals surface area contributed by atoms with Crippen molar-refractivity contribution in [3.63, 3.8) is 0 Å². The van der Waals surface area contributed by atoms with E-state index in [1.165, 1.54) is 37.9 Å². The molecular weight excluding hydrogens is 532 g/mol. The molecule has 0 aliphatic heterocycles. The van der Waals surface area contributed by atoms with Gasteiger partial charge in [0.1, 0.15) is 5.69 Å². The maximum absolute atomic E-state index is 6.18. The van der Waals surface area contributed by atoms with E-state index in [1.54, 1.807) is 0 Å². The molecule has 4 heterocycles. The van der Waals surface area contributed by atoms with Crippen LogP contribution in [0.1, 0.15) is 11.3 Å². The second kappa shape index (κ2) is 10.8. The Balaban J connectivity index is 0.984. The van der Waals surface area contributed by atoms with Crippen LogP contribution in [0.3, 0.4) is 0 Å². The van der Waals surface area contributed by atoms with Gasteiger partial charge < -0.3 is 9.30 Å². The summed E-state index contributed by atoms with van der Waals surface area (Å²) in [6.45, 7) is 2.24. The lowest BCUT2D eigenvalue weighted by atomic mass is 9.92. The van der Waals surface area contributed by atoms with Crippen molar-refractivity contribution < 1.29 is 4.74 Å². The van der Waals surface area contributed by atoms with Gasteiger partial charge in [-0.05, 0) is 74.3 Å². The van der Waals surface area contributed by atoms with E-state index >= 15 is 0 Å². The molecule has 0 amide bonds. The van der Waals surface area contributed by atoms with Crippen LogP contribution in [0.2, 0.25) is 0 Å². The molecule has 0 saturated heterocycles.